The highest BCUT2D eigenvalue weighted by atomic mass is 16.5. The van der Waals surface area contributed by atoms with Crippen LogP contribution in [-0.4, -0.2) is 16.6 Å². The van der Waals surface area contributed by atoms with Gasteiger partial charge in [-0.1, -0.05) is 12.2 Å². The molecule has 1 rings (SSSR count). The fourth-order valence-corrected chi connectivity index (χ4v) is 0.865. The first kappa shape index (κ1) is 10.5. The zero-order chi connectivity index (χ0) is 10.4. The Morgan fingerprint density at radius 1 is 1.64 bits per heavy atom. The molecule has 0 spiro atoms. The monoisotopic (exact) mass is 194 g/mol. The van der Waals surface area contributed by atoms with Crippen LogP contribution in [0.4, 0.5) is 5.95 Å². The van der Waals surface area contributed by atoms with Crippen molar-refractivity contribution >= 4 is 5.95 Å². The standard InChI is InChI=1S/C9H14N4O/c1-3-4-5-14-8-7(2)6-11-9(12-8)13-10/h3-4,6H,5,10H2,1-2H3,(H,11,12,13)/b4-3+. The smallest absolute Gasteiger partial charge is 0.240 e. The number of nitrogens with one attached hydrogen (secondary N) is 1. The van der Waals surface area contributed by atoms with E-state index in [1.807, 2.05) is 26.0 Å². The Hall–Kier alpha value is -1.62. The molecule has 0 bridgehead atoms. The van der Waals surface area contributed by atoms with Gasteiger partial charge in [0.25, 0.3) is 0 Å². The number of aryl methyl sites for hydroxylation is 1. The van der Waals surface area contributed by atoms with Crippen molar-refractivity contribution in [1.29, 1.82) is 0 Å². The summed E-state index contributed by atoms with van der Waals surface area (Å²) in [5.74, 6) is 6.08. The molecule has 0 amide bonds. The van der Waals surface area contributed by atoms with Crippen LogP contribution in [0.1, 0.15) is 12.5 Å². The van der Waals surface area contributed by atoms with Crippen molar-refractivity contribution in [3.8, 4) is 5.88 Å². The van der Waals surface area contributed by atoms with E-state index in [0.29, 0.717) is 18.4 Å². The van der Waals surface area contributed by atoms with E-state index < -0.39 is 0 Å². The largest absolute Gasteiger partial charge is 0.473 e. The maximum Gasteiger partial charge on any atom is 0.240 e. The minimum Gasteiger partial charge on any atom is -0.473 e. The van der Waals surface area contributed by atoms with Crippen LogP contribution in [0.5, 0.6) is 5.88 Å². The van der Waals surface area contributed by atoms with Gasteiger partial charge in [0, 0.05) is 11.8 Å². The van der Waals surface area contributed by atoms with E-state index in [-0.39, 0.29) is 0 Å². The van der Waals surface area contributed by atoms with Crippen molar-refractivity contribution in [2.45, 2.75) is 13.8 Å². The summed E-state index contributed by atoms with van der Waals surface area (Å²) in [7, 11) is 0. The molecule has 0 saturated carbocycles. The fourth-order valence-electron chi connectivity index (χ4n) is 0.865. The Morgan fingerprint density at radius 3 is 3.07 bits per heavy atom. The number of hydrogen-bond acceptors (Lipinski definition) is 5. The number of ether oxygens (including phenoxy) is 1. The minimum absolute atomic E-state index is 0.353. The number of nitrogens with two attached hydrogens (primary N) is 1. The number of allylic oxidation sites excluding steroid dienone is 1. The van der Waals surface area contributed by atoms with Gasteiger partial charge in [-0.25, -0.2) is 10.8 Å². The van der Waals surface area contributed by atoms with Gasteiger partial charge in [-0.15, -0.1) is 0 Å². The SMILES string of the molecule is C/C=C/COc1nc(NN)ncc1C. The van der Waals surface area contributed by atoms with Crippen molar-refractivity contribution < 1.29 is 4.74 Å². The van der Waals surface area contributed by atoms with Gasteiger partial charge >= 0.3 is 0 Å². The third kappa shape index (κ3) is 2.70. The topological polar surface area (TPSA) is 73.1 Å². The van der Waals surface area contributed by atoms with Crippen molar-refractivity contribution in [1.82, 2.24) is 9.97 Å². The summed E-state index contributed by atoms with van der Waals surface area (Å²) < 4.78 is 5.39. The van der Waals surface area contributed by atoms with Crippen LogP contribution in [0, 0.1) is 6.92 Å². The number of hydrogen-bond donors (Lipinski definition) is 2. The lowest BCUT2D eigenvalue weighted by atomic mass is 10.4. The molecule has 0 atom stereocenters. The Labute approximate surface area is 83.0 Å². The summed E-state index contributed by atoms with van der Waals surface area (Å²) in [6.07, 6.45) is 5.48. The van der Waals surface area contributed by atoms with Gasteiger partial charge in [-0.2, -0.15) is 4.98 Å². The quantitative estimate of drug-likeness (QED) is 0.425. The lowest BCUT2D eigenvalue weighted by molar-refractivity contribution is 0.345. The molecule has 0 saturated heterocycles. The second-order valence-electron chi connectivity index (χ2n) is 2.71. The van der Waals surface area contributed by atoms with E-state index in [4.69, 9.17) is 10.6 Å². The first-order valence-corrected chi connectivity index (χ1v) is 4.32. The molecule has 0 aromatic carbocycles. The molecule has 0 aliphatic carbocycles. The van der Waals surface area contributed by atoms with Gasteiger partial charge in [-0.3, -0.25) is 5.43 Å². The van der Waals surface area contributed by atoms with Crippen LogP contribution in [0.2, 0.25) is 0 Å². The maximum atomic E-state index is 5.39. The summed E-state index contributed by atoms with van der Waals surface area (Å²) >= 11 is 0. The number of rotatable bonds is 4. The summed E-state index contributed by atoms with van der Waals surface area (Å²) in [5, 5.41) is 0. The van der Waals surface area contributed by atoms with E-state index >= 15 is 0 Å². The second-order valence-corrected chi connectivity index (χ2v) is 2.71. The summed E-state index contributed by atoms with van der Waals surface area (Å²) in [4.78, 5) is 8.00. The molecule has 0 radical (unpaired) electrons. The maximum absolute atomic E-state index is 5.39. The average Bonchev–Trinajstić information content (AvgIpc) is 2.21. The van der Waals surface area contributed by atoms with Gasteiger partial charge < -0.3 is 4.74 Å². The zero-order valence-electron chi connectivity index (χ0n) is 8.32. The third-order valence-electron chi connectivity index (χ3n) is 1.61. The van der Waals surface area contributed by atoms with Gasteiger partial charge in [-0.05, 0) is 13.8 Å². The van der Waals surface area contributed by atoms with Crippen molar-refractivity contribution in [3.05, 3.63) is 23.9 Å². The van der Waals surface area contributed by atoms with Crippen molar-refractivity contribution in [2.75, 3.05) is 12.0 Å². The molecular weight excluding hydrogens is 180 g/mol. The van der Waals surface area contributed by atoms with Crippen LogP contribution < -0.4 is 16.0 Å². The summed E-state index contributed by atoms with van der Waals surface area (Å²) in [6, 6.07) is 0. The highest BCUT2D eigenvalue weighted by molar-refractivity contribution is 5.31. The molecule has 1 aromatic heterocycles. The van der Waals surface area contributed by atoms with Crippen molar-refractivity contribution in [2.24, 2.45) is 5.84 Å². The van der Waals surface area contributed by atoms with E-state index in [1.54, 1.807) is 6.20 Å². The molecule has 0 aliphatic rings. The highest BCUT2D eigenvalue weighted by Gasteiger charge is 2.02. The molecule has 0 aliphatic heterocycles. The summed E-state index contributed by atoms with van der Waals surface area (Å²) in [5.41, 5.74) is 3.25. The molecule has 3 N–H and O–H groups in total. The molecule has 5 heteroatoms. The second kappa shape index (κ2) is 5.18. The lowest BCUT2D eigenvalue weighted by Crippen LogP contribution is -2.11. The van der Waals surface area contributed by atoms with E-state index in [1.165, 1.54) is 0 Å². The molecule has 0 fully saturated rings. The molecule has 14 heavy (non-hydrogen) atoms. The zero-order valence-corrected chi connectivity index (χ0v) is 8.32. The number of aromatic nitrogens is 2. The van der Waals surface area contributed by atoms with Crippen molar-refractivity contribution in [3.63, 3.8) is 0 Å². The molecule has 1 heterocycles. The number of nitrogen functional groups attached to an aromatic ring is 1. The number of anilines is 1. The van der Waals surface area contributed by atoms with Crippen LogP contribution in [0.3, 0.4) is 0 Å². The van der Waals surface area contributed by atoms with Gasteiger partial charge in [0.2, 0.25) is 11.8 Å². The van der Waals surface area contributed by atoms with Crippen LogP contribution >= 0.6 is 0 Å². The number of nitrogens with zero attached hydrogens (tertiary/aromatic N) is 2. The molecule has 5 nitrogen and oxygen atoms in total. The fraction of sp³-hybridized carbons (Fsp3) is 0.333. The van der Waals surface area contributed by atoms with Crippen LogP contribution in [0.15, 0.2) is 18.3 Å². The lowest BCUT2D eigenvalue weighted by Gasteiger charge is -2.06. The van der Waals surface area contributed by atoms with E-state index in [9.17, 15) is 0 Å². The van der Waals surface area contributed by atoms with Gasteiger partial charge in [0.05, 0.1) is 0 Å². The first-order chi connectivity index (χ1) is 6.77. The Morgan fingerprint density at radius 2 is 2.43 bits per heavy atom. The Balaban J connectivity index is 2.73. The molecule has 1 aromatic rings. The van der Waals surface area contributed by atoms with E-state index in [0.717, 1.165) is 5.56 Å². The van der Waals surface area contributed by atoms with Crippen LogP contribution in [-0.2, 0) is 0 Å². The minimum atomic E-state index is 0.353. The Bertz CT molecular complexity index is 325. The van der Waals surface area contributed by atoms with Gasteiger partial charge in [0.15, 0.2) is 0 Å². The summed E-state index contributed by atoms with van der Waals surface area (Å²) in [6.45, 7) is 4.31. The molecule has 0 unspecified atom stereocenters. The van der Waals surface area contributed by atoms with E-state index in [2.05, 4.69) is 15.4 Å². The third-order valence-corrected chi connectivity index (χ3v) is 1.61. The molecule has 76 valence electrons. The predicted octanol–water partition coefficient (Wildman–Crippen LogP) is 1.03. The normalized spacial score (nSPS) is 10.5. The highest BCUT2D eigenvalue weighted by Crippen LogP contribution is 2.14. The predicted molar refractivity (Wildman–Crippen MR) is 54.9 cm³/mol. The van der Waals surface area contributed by atoms with Gasteiger partial charge in [0.1, 0.15) is 6.61 Å². The number of hydrazine groups is 1. The first-order valence-electron chi connectivity index (χ1n) is 4.32. The average molecular weight is 194 g/mol. The molecular formula is C9H14N4O. The Kier molecular flexibility index (Phi) is 3.87. The van der Waals surface area contributed by atoms with Crippen LogP contribution in [0.25, 0.3) is 0 Å².